The minimum atomic E-state index is -0.228. The first-order valence-corrected chi connectivity index (χ1v) is 7.03. The first-order chi connectivity index (χ1) is 10.6. The predicted octanol–water partition coefficient (Wildman–Crippen LogP) is 2.17. The van der Waals surface area contributed by atoms with Gasteiger partial charge in [-0.05, 0) is 42.8 Å². The highest BCUT2D eigenvalue weighted by Crippen LogP contribution is 2.18. The molecule has 2 N–H and O–H groups in total. The van der Waals surface area contributed by atoms with Gasteiger partial charge in [0.1, 0.15) is 5.82 Å². The van der Waals surface area contributed by atoms with Crippen LogP contribution in [0.4, 0.5) is 16.3 Å². The number of anilines is 2. The molecule has 0 spiro atoms. The Morgan fingerprint density at radius 1 is 1.23 bits per heavy atom. The van der Waals surface area contributed by atoms with Gasteiger partial charge in [0.2, 0.25) is 0 Å². The van der Waals surface area contributed by atoms with Gasteiger partial charge in [-0.2, -0.15) is 0 Å². The summed E-state index contributed by atoms with van der Waals surface area (Å²) in [7, 11) is 0. The number of carbonyl (C=O) groups excluding carboxylic acids is 2. The van der Waals surface area contributed by atoms with Gasteiger partial charge in [-0.3, -0.25) is 9.69 Å². The molecule has 2 heterocycles. The SMILES string of the molecule is Cc1ccc(NC(=O)c2ccc(N3CCNC3=O)cc2)nc1. The largest absolute Gasteiger partial charge is 0.336 e. The lowest BCUT2D eigenvalue weighted by Crippen LogP contribution is -2.27. The molecule has 0 saturated carbocycles. The van der Waals surface area contributed by atoms with E-state index in [1.54, 1.807) is 41.4 Å². The van der Waals surface area contributed by atoms with E-state index < -0.39 is 0 Å². The van der Waals surface area contributed by atoms with Crippen LogP contribution in [0.2, 0.25) is 0 Å². The third-order valence-electron chi connectivity index (χ3n) is 3.45. The van der Waals surface area contributed by atoms with Gasteiger partial charge >= 0.3 is 6.03 Å². The van der Waals surface area contributed by atoms with Crippen molar-refractivity contribution in [2.24, 2.45) is 0 Å². The Morgan fingerprint density at radius 3 is 2.59 bits per heavy atom. The molecule has 1 aromatic heterocycles. The van der Waals surface area contributed by atoms with E-state index in [-0.39, 0.29) is 11.9 Å². The van der Waals surface area contributed by atoms with Crippen molar-refractivity contribution < 1.29 is 9.59 Å². The normalized spacial score (nSPS) is 13.9. The van der Waals surface area contributed by atoms with Gasteiger partial charge in [-0.15, -0.1) is 0 Å². The highest BCUT2D eigenvalue weighted by Gasteiger charge is 2.21. The van der Waals surface area contributed by atoms with Crippen LogP contribution in [0, 0.1) is 6.92 Å². The number of urea groups is 1. The molecule has 1 aliphatic rings. The minimum Gasteiger partial charge on any atom is -0.336 e. The molecule has 0 atom stereocenters. The highest BCUT2D eigenvalue weighted by atomic mass is 16.2. The fraction of sp³-hybridized carbons (Fsp3) is 0.188. The van der Waals surface area contributed by atoms with E-state index in [1.807, 2.05) is 13.0 Å². The van der Waals surface area contributed by atoms with Crippen LogP contribution >= 0.6 is 0 Å². The molecular weight excluding hydrogens is 280 g/mol. The van der Waals surface area contributed by atoms with Gasteiger partial charge in [0, 0.05) is 30.5 Å². The van der Waals surface area contributed by atoms with E-state index in [0.717, 1.165) is 11.3 Å². The van der Waals surface area contributed by atoms with Crippen molar-refractivity contribution >= 4 is 23.4 Å². The fourth-order valence-corrected chi connectivity index (χ4v) is 2.24. The number of hydrogen-bond acceptors (Lipinski definition) is 3. The highest BCUT2D eigenvalue weighted by molar-refractivity contribution is 6.04. The number of pyridine rings is 1. The lowest BCUT2D eigenvalue weighted by atomic mass is 10.2. The van der Waals surface area contributed by atoms with E-state index in [9.17, 15) is 9.59 Å². The molecule has 6 heteroatoms. The summed E-state index contributed by atoms with van der Waals surface area (Å²) in [6.07, 6.45) is 1.70. The second kappa shape index (κ2) is 5.85. The standard InChI is InChI=1S/C16H16N4O2/c1-11-2-7-14(18-10-11)19-15(21)12-3-5-13(6-4-12)20-9-8-17-16(20)22/h2-7,10H,8-9H2,1H3,(H,17,22)(H,18,19,21). The Bertz CT molecular complexity index is 695. The molecule has 0 aliphatic carbocycles. The summed E-state index contributed by atoms with van der Waals surface area (Å²) in [5.41, 5.74) is 2.33. The molecule has 0 bridgehead atoms. The Labute approximate surface area is 128 Å². The van der Waals surface area contributed by atoms with Crippen molar-refractivity contribution in [2.75, 3.05) is 23.3 Å². The van der Waals surface area contributed by atoms with Crippen LogP contribution in [-0.2, 0) is 0 Å². The van der Waals surface area contributed by atoms with E-state index in [4.69, 9.17) is 0 Å². The number of carbonyl (C=O) groups is 2. The quantitative estimate of drug-likeness (QED) is 0.911. The Morgan fingerprint density at radius 2 is 2.00 bits per heavy atom. The Hall–Kier alpha value is -2.89. The first-order valence-electron chi connectivity index (χ1n) is 7.03. The van der Waals surface area contributed by atoms with Gasteiger partial charge in [-0.1, -0.05) is 6.07 Å². The number of amides is 3. The maximum absolute atomic E-state index is 12.2. The van der Waals surface area contributed by atoms with Crippen LogP contribution in [0.15, 0.2) is 42.6 Å². The predicted molar refractivity (Wildman–Crippen MR) is 84.1 cm³/mol. The third-order valence-corrected chi connectivity index (χ3v) is 3.45. The molecule has 0 unspecified atom stereocenters. The van der Waals surface area contributed by atoms with Crippen molar-refractivity contribution in [1.82, 2.24) is 10.3 Å². The number of nitrogens with one attached hydrogen (secondary N) is 2. The molecular formula is C16H16N4O2. The summed E-state index contributed by atoms with van der Waals surface area (Å²) in [6.45, 7) is 3.21. The molecule has 22 heavy (non-hydrogen) atoms. The Balaban J connectivity index is 1.70. The molecule has 1 fully saturated rings. The summed E-state index contributed by atoms with van der Waals surface area (Å²) >= 11 is 0. The molecule has 112 valence electrons. The number of rotatable bonds is 3. The molecule has 1 aromatic carbocycles. The van der Waals surface area contributed by atoms with Gasteiger partial charge in [0.25, 0.3) is 5.91 Å². The van der Waals surface area contributed by atoms with Gasteiger partial charge in [0.15, 0.2) is 0 Å². The van der Waals surface area contributed by atoms with Gasteiger partial charge < -0.3 is 10.6 Å². The second-order valence-corrected chi connectivity index (χ2v) is 5.11. The minimum absolute atomic E-state index is 0.110. The molecule has 6 nitrogen and oxygen atoms in total. The molecule has 2 aromatic rings. The van der Waals surface area contributed by atoms with Crippen LogP contribution in [-0.4, -0.2) is 30.0 Å². The summed E-state index contributed by atoms with van der Waals surface area (Å²) in [5, 5.41) is 5.48. The van der Waals surface area contributed by atoms with Crippen LogP contribution in [0.25, 0.3) is 0 Å². The van der Waals surface area contributed by atoms with Crippen molar-refractivity contribution in [3.8, 4) is 0 Å². The average Bonchev–Trinajstić information content (AvgIpc) is 2.96. The zero-order chi connectivity index (χ0) is 15.5. The van der Waals surface area contributed by atoms with Crippen molar-refractivity contribution in [2.45, 2.75) is 6.92 Å². The van der Waals surface area contributed by atoms with E-state index in [2.05, 4.69) is 15.6 Å². The number of hydrogen-bond donors (Lipinski definition) is 2. The van der Waals surface area contributed by atoms with Crippen LogP contribution < -0.4 is 15.5 Å². The summed E-state index contributed by atoms with van der Waals surface area (Å²) in [5.74, 6) is 0.285. The smallest absolute Gasteiger partial charge is 0.321 e. The topological polar surface area (TPSA) is 74.3 Å². The molecule has 3 rings (SSSR count). The zero-order valence-corrected chi connectivity index (χ0v) is 12.2. The molecule has 1 aliphatic heterocycles. The number of nitrogens with zero attached hydrogens (tertiary/aromatic N) is 2. The van der Waals surface area contributed by atoms with E-state index >= 15 is 0 Å². The number of aromatic nitrogens is 1. The lowest BCUT2D eigenvalue weighted by Gasteiger charge is -2.14. The third kappa shape index (κ3) is 2.90. The summed E-state index contributed by atoms with van der Waals surface area (Å²) in [4.78, 5) is 29.5. The average molecular weight is 296 g/mol. The molecule has 0 radical (unpaired) electrons. The number of benzene rings is 1. The van der Waals surface area contributed by atoms with Crippen LogP contribution in [0.5, 0.6) is 0 Å². The maximum Gasteiger partial charge on any atom is 0.321 e. The zero-order valence-electron chi connectivity index (χ0n) is 12.2. The molecule has 1 saturated heterocycles. The monoisotopic (exact) mass is 296 g/mol. The summed E-state index contributed by atoms with van der Waals surface area (Å²) in [6, 6.07) is 10.5. The van der Waals surface area contributed by atoms with Crippen LogP contribution in [0.3, 0.4) is 0 Å². The Kier molecular flexibility index (Phi) is 3.74. The first kappa shape index (κ1) is 14.1. The van der Waals surface area contributed by atoms with Gasteiger partial charge in [-0.25, -0.2) is 9.78 Å². The fourth-order valence-electron chi connectivity index (χ4n) is 2.24. The van der Waals surface area contributed by atoms with E-state index in [1.165, 1.54) is 0 Å². The van der Waals surface area contributed by atoms with Gasteiger partial charge in [0.05, 0.1) is 0 Å². The maximum atomic E-state index is 12.2. The molecule has 3 amide bonds. The van der Waals surface area contributed by atoms with Crippen molar-refractivity contribution in [3.63, 3.8) is 0 Å². The van der Waals surface area contributed by atoms with Crippen molar-refractivity contribution in [3.05, 3.63) is 53.7 Å². The lowest BCUT2D eigenvalue weighted by molar-refractivity contribution is 0.102. The van der Waals surface area contributed by atoms with E-state index in [0.29, 0.717) is 24.5 Å². The van der Waals surface area contributed by atoms with Crippen LogP contribution in [0.1, 0.15) is 15.9 Å². The summed E-state index contributed by atoms with van der Waals surface area (Å²) < 4.78 is 0. The van der Waals surface area contributed by atoms with Crippen molar-refractivity contribution in [1.29, 1.82) is 0 Å². The number of aryl methyl sites for hydroxylation is 1. The second-order valence-electron chi connectivity index (χ2n) is 5.11.